The number of aryl methyl sites for hydroxylation is 2. The first-order valence-corrected chi connectivity index (χ1v) is 10.7. The Bertz CT molecular complexity index is 893. The van der Waals surface area contributed by atoms with Crippen LogP contribution in [0.4, 0.5) is 5.69 Å². The molecule has 3 aromatic rings. The minimum Gasteiger partial charge on any atom is -0.373 e. The molecular formula is C21H28N4OS. The van der Waals surface area contributed by atoms with Crippen molar-refractivity contribution >= 4 is 22.0 Å². The average Bonchev–Trinajstić information content (AvgIpc) is 3.22. The topological polar surface area (TPSA) is 52.8 Å². The molecule has 2 N–H and O–H groups in total. The van der Waals surface area contributed by atoms with E-state index in [1.807, 2.05) is 4.40 Å². The Balaban J connectivity index is 1.44. The molecule has 144 valence electrons. The number of imidazole rings is 1. The molecule has 0 bridgehead atoms. The monoisotopic (exact) mass is 384 g/mol. The largest absolute Gasteiger partial charge is 0.373 e. The minimum absolute atomic E-state index is 0.626. The van der Waals surface area contributed by atoms with E-state index >= 15 is 0 Å². The Morgan fingerprint density at radius 1 is 1.19 bits per heavy atom. The zero-order valence-electron chi connectivity index (χ0n) is 16.1. The van der Waals surface area contributed by atoms with Crippen LogP contribution in [0.2, 0.25) is 0 Å². The third-order valence-corrected chi connectivity index (χ3v) is 6.20. The van der Waals surface area contributed by atoms with Crippen LogP contribution in [0.3, 0.4) is 0 Å². The Kier molecular flexibility index (Phi) is 5.48. The molecule has 1 aromatic carbocycles. The van der Waals surface area contributed by atoms with Gasteiger partial charge in [0.05, 0.1) is 11.4 Å². The molecular weight excluding hydrogens is 356 g/mol. The average molecular weight is 385 g/mol. The maximum atomic E-state index is 10.8. The summed E-state index contributed by atoms with van der Waals surface area (Å²) in [5.74, 6) is 0. The second-order valence-electron chi connectivity index (χ2n) is 7.29. The van der Waals surface area contributed by atoms with E-state index in [2.05, 4.69) is 59.5 Å². The number of piperidine rings is 1. The van der Waals surface area contributed by atoms with Crippen LogP contribution in [0.5, 0.6) is 0 Å². The van der Waals surface area contributed by atoms with Gasteiger partial charge in [-0.2, -0.15) is 0 Å². The molecule has 0 spiro atoms. The van der Waals surface area contributed by atoms with E-state index in [-0.39, 0.29) is 0 Å². The highest BCUT2D eigenvalue weighted by Gasteiger charge is 2.20. The highest BCUT2D eigenvalue weighted by atomic mass is 32.1. The van der Waals surface area contributed by atoms with Crippen molar-refractivity contribution < 1.29 is 5.11 Å². The summed E-state index contributed by atoms with van der Waals surface area (Å²) in [6, 6.07) is 8.72. The van der Waals surface area contributed by atoms with Gasteiger partial charge in [0.25, 0.3) is 0 Å². The van der Waals surface area contributed by atoms with Crippen LogP contribution < -0.4 is 10.2 Å². The number of anilines is 1. The Morgan fingerprint density at radius 3 is 2.63 bits per heavy atom. The molecule has 0 aliphatic carbocycles. The highest BCUT2D eigenvalue weighted by Crippen LogP contribution is 2.25. The molecule has 4 rings (SSSR count). The molecule has 1 saturated heterocycles. The van der Waals surface area contributed by atoms with Crippen LogP contribution in [0.15, 0.2) is 30.5 Å². The molecule has 0 radical (unpaired) electrons. The molecule has 6 heteroatoms. The van der Waals surface area contributed by atoms with Crippen molar-refractivity contribution in [3.63, 3.8) is 0 Å². The summed E-state index contributed by atoms with van der Waals surface area (Å²) in [6.07, 6.45) is 6.06. The van der Waals surface area contributed by atoms with Crippen molar-refractivity contribution in [3.05, 3.63) is 52.3 Å². The van der Waals surface area contributed by atoms with Crippen molar-refractivity contribution in [1.29, 1.82) is 0 Å². The number of nitrogens with one attached hydrogen (secondary N) is 1. The normalized spacial score (nSPS) is 16.2. The van der Waals surface area contributed by atoms with Crippen molar-refractivity contribution in [2.45, 2.75) is 52.3 Å². The van der Waals surface area contributed by atoms with E-state index in [4.69, 9.17) is 0 Å². The number of fused-ring (bicyclic) bond motifs is 1. The van der Waals surface area contributed by atoms with Crippen LogP contribution in [-0.2, 0) is 13.0 Å². The van der Waals surface area contributed by atoms with Crippen LogP contribution in [0.1, 0.15) is 54.2 Å². The van der Waals surface area contributed by atoms with Crippen LogP contribution in [-0.4, -0.2) is 27.6 Å². The third-order valence-electron chi connectivity index (χ3n) is 5.31. The SMILES string of the molecule is CCc1nc2sc(C)cn2c1C(O)NCc1ccc(N2CCCCC2)cc1. The zero-order valence-corrected chi connectivity index (χ0v) is 16.9. The van der Waals surface area contributed by atoms with E-state index in [1.165, 1.54) is 35.4 Å². The number of aromatic nitrogens is 2. The van der Waals surface area contributed by atoms with E-state index < -0.39 is 6.23 Å². The molecule has 3 heterocycles. The van der Waals surface area contributed by atoms with E-state index in [0.717, 1.165) is 35.9 Å². The maximum absolute atomic E-state index is 10.8. The predicted molar refractivity (Wildman–Crippen MR) is 111 cm³/mol. The Labute approximate surface area is 164 Å². The minimum atomic E-state index is -0.731. The van der Waals surface area contributed by atoms with Crippen molar-refractivity contribution in [3.8, 4) is 0 Å². The number of thiazole rings is 1. The fourth-order valence-corrected chi connectivity index (χ4v) is 4.71. The van der Waals surface area contributed by atoms with Gasteiger partial charge in [0.2, 0.25) is 0 Å². The summed E-state index contributed by atoms with van der Waals surface area (Å²) in [4.78, 5) is 9.28. The molecule has 0 amide bonds. The number of nitrogens with zero attached hydrogens (tertiary/aromatic N) is 3. The summed E-state index contributed by atoms with van der Waals surface area (Å²) in [5, 5.41) is 14.0. The molecule has 1 unspecified atom stereocenters. The molecule has 1 atom stereocenters. The van der Waals surface area contributed by atoms with Gasteiger partial charge in [0, 0.05) is 36.4 Å². The number of rotatable bonds is 6. The van der Waals surface area contributed by atoms with Gasteiger partial charge in [-0.25, -0.2) is 4.98 Å². The second-order valence-corrected chi connectivity index (χ2v) is 8.50. The predicted octanol–water partition coefficient (Wildman–Crippen LogP) is 4.04. The quantitative estimate of drug-likeness (QED) is 0.630. The molecule has 1 fully saturated rings. The van der Waals surface area contributed by atoms with Crippen LogP contribution in [0, 0.1) is 6.92 Å². The summed E-state index contributed by atoms with van der Waals surface area (Å²) >= 11 is 1.66. The number of aliphatic hydroxyl groups is 1. The first kappa shape index (κ1) is 18.5. The Hall–Kier alpha value is -1.89. The fraction of sp³-hybridized carbons (Fsp3) is 0.476. The number of aliphatic hydroxyl groups excluding tert-OH is 1. The lowest BCUT2D eigenvalue weighted by molar-refractivity contribution is 0.131. The molecule has 1 aliphatic rings. The van der Waals surface area contributed by atoms with E-state index in [1.54, 1.807) is 11.3 Å². The molecule has 1 aliphatic heterocycles. The van der Waals surface area contributed by atoms with Crippen molar-refractivity contribution in [2.75, 3.05) is 18.0 Å². The lowest BCUT2D eigenvalue weighted by atomic mass is 10.1. The lowest BCUT2D eigenvalue weighted by Gasteiger charge is -2.28. The fourth-order valence-electron chi connectivity index (χ4n) is 3.86. The van der Waals surface area contributed by atoms with E-state index in [9.17, 15) is 5.11 Å². The van der Waals surface area contributed by atoms with Gasteiger partial charge < -0.3 is 10.0 Å². The van der Waals surface area contributed by atoms with Gasteiger partial charge in [-0.15, -0.1) is 11.3 Å². The van der Waals surface area contributed by atoms with Crippen molar-refractivity contribution in [1.82, 2.24) is 14.7 Å². The number of hydrogen-bond donors (Lipinski definition) is 2. The molecule has 27 heavy (non-hydrogen) atoms. The number of benzene rings is 1. The van der Waals surface area contributed by atoms with Gasteiger partial charge in [0.1, 0.15) is 6.23 Å². The summed E-state index contributed by atoms with van der Waals surface area (Å²) < 4.78 is 2.02. The molecule has 0 saturated carbocycles. The van der Waals surface area contributed by atoms with Crippen LogP contribution in [0.25, 0.3) is 4.96 Å². The summed E-state index contributed by atoms with van der Waals surface area (Å²) in [7, 11) is 0. The molecule has 2 aromatic heterocycles. The third kappa shape index (κ3) is 3.88. The maximum Gasteiger partial charge on any atom is 0.194 e. The van der Waals surface area contributed by atoms with Gasteiger partial charge >= 0.3 is 0 Å². The molecule has 5 nitrogen and oxygen atoms in total. The zero-order chi connectivity index (χ0) is 18.8. The summed E-state index contributed by atoms with van der Waals surface area (Å²) in [5.41, 5.74) is 4.30. The smallest absolute Gasteiger partial charge is 0.194 e. The van der Waals surface area contributed by atoms with Gasteiger partial charge in [-0.05, 0) is 50.3 Å². The first-order valence-electron chi connectivity index (χ1n) is 9.88. The highest BCUT2D eigenvalue weighted by molar-refractivity contribution is 7.17. The van der Waals surface area contributed by atoms with Gasteiger partial charge in [-0.1, -0.05) is 19.1 Å². The lowest BCUT2D eigenvalue weighted by Crippen LogP contribution is -2.29. The second kappa shape index (κ2) is 8.00. The van der Waals surface area contributed by atoms with Gasteiger partial charge in [-0.3, -0.25) is 9.72 Å². The van der Waals surface area contributed by atoms with Gasteiger partial charge in [0.15, 0.2) is 4.96 Å². The van der Waals surface area contributed by atoms with Crippen LogP contribution >= 0.6 is 11.3 Å². The summed E-state index contributed by atoms with van der Waals surface area (Å²) in [6.45, 7) is 7.09. The number of hydrogen-bond acceptors (Lipinski definition) is 5. The van der Waals surface area contributed by atoms with Crippen molar-refractivity contribution in [2.24, 2.45) is 0 Å². The standard InChI is InChI=1S/C21H28N4OS/c1-3-18-19(25-14-15(2)27-21(25)23-18)20(26)22-13-16-7-9-17(10-8-16)24-11-5-4-6-12-24/h7-10,14,20,22,26H,3-6,11-13H2,1-2H3. The van der Waals surface area contributed by atoms with E-state index in [0.29, 0.717) is 6.54 Å². The first-order chi connectivity index (χ1) is 13.2. The Morgan fingerprint density at radius 2 is 1.93 bits per heavy atom.